The summed E-state index contributed by atoms with van der Waals surface area (Å²) in [7, 11) is 2.43. The summed E-state index contributed by atoms with van der Waals surface area (Å²) in [5.74, 6) is -1.96. The zero-order valence-corrected chi connectivity index (χ0v) is 11.3. The lowest BCUT2D eigenvalue weighted by Gasteiger charge is -2.20. The summed E-state index contributed by atoms with van der Waals surface area (Å²) in [4.78, 5) is 34.0. The van der Waals surface area contributed by atoms with E-state index in [9.17, 15) is 14.4 Å². The van der Waals surface area contributed by atoms with Crippen LogP contribution in [-0.4, -0.2) is 38.1 Å². The molecule has 1 N–H and O–H groups in total. The second kappa shape index (κ2) is 8.91. The monoisotopic (exact) mass is 270 g/mol. The molecule has 0 rings (SSSR count). The Morgan fingerprint density at radius 2 is 1.84 bits per heavy atom. The van der Waals surface area contributed by atoms with E-state index < -0.39 is 23.9 Å². The molecule has 0 aromatic rings. The molecule has 0 radical (unpaired) electrons. The van der Waals surface area contributed by atoms with Crippen molar-refractivity contribution < 1.29 is 23.9 Å². The molecule has 7 nitrogen and oxygen atoms in total. The van der Waals surface area contributed by atoms with Crippen molar-refractivity contribution in [3.05, 3.63) is 0 Å². The first kappa shape index (κ1) is 16.9. The van der Waals surface area contributed by atoms with E-state index >= 15 is 0 Å². The van der Waals surface area contributed by atoms with Crippen molar-refractivity contribution in [2.75, 3.05) is 14.2 Å². The van der Waals surface area contributed by atoms with Crippen molar-refractivity contribution in [2.45, 2.75) is 32.2 Å². The number of amides is 1. The molecule has 1 amide bonds. The van der Waals surface area contributed by atoms with Gasteiger partial charge in [-0.05, 0) is 0 Å². The molecule has 7 heteroatoms. The molecule has 0 unspecified atom stereocenters. The van der Waals surface area contributed by atoms with Crippen molar-refractivity contribution in [3.63, 3.8) is 0 Å². The van der Waals surface area contributed by atoms with E-state index in [2.05, 4.69) is 14.8 Å². The van der Waals surface area contributed by atoms with Crippen LogP contribution in [0.15, 0.2) is 0 Å². The van der Waals surface area contributed by atoms with Crippen LogP contribution in [-0.2, 0) is 23.9 Å². The van der Waals surface area contributed by atoms with Gasteiger partial charge < -0.3 is 14.8 Å². The summed E-state index contributed by atoms with van der Waals surface area (Å²) < 4.78 is 8.98. The van der Waals surface area contributed by atoms with E-state index in [1.165, 1.54) is 14.2 Å². The SMILES string of the molecule is COC(=O)CCC(=O)N[C@@H](C(=O)OC)[C@@H](C)CC#N. The van der Waals surface area contributed by atoms with Crippen molar-refractivity contribution in [1.82, 2.24) is 5.32 Å². The highest BCUT2D eigenvalue weighted by molar-refractivity contribution is 5.86. The number of carbonyl (C=O) groups excluding carboxylic acids is 3. The molecule has 2 atom stereocenters. The van der Waals surface area contributed by atoms with Crippen molar-refractivity contribution >= 4 is 17.8 Å². The van der Waals surface area contributed by atoms with Gasteiger partial charge in [-0.25, -0.2) is 4.79 Å². The second-order valence-corrected chi connectivity index (χ2v) is 3.98. The smallest absolute Gasteiger partial charge is 0.328 e. The predicted octanol–water partition coefficient (Wildman–Crippen LogP) is 0.147. The first-order chi connectivity index (χ1) is 8.96. The average molecular weight is 270 g/mol. The summed E-state index contributed by atoms with van der Waals surface area (Å²) >= 11 is 0. The number of hydrogen-bond acceptors (Lipinski definition) is 6. The molecule has 0 aliphatic rings. The third kappa shape index (κ3) is 6.41. The van der Waals surface area contributed by atoms with Gasteiger partial charge in [-0.1, -0.05) is 6.92 Å². The third-order valence-electron chi connectivity index (χ3n) is 2.54. The summed E-state index contributed by atoms with van der Waals surface area (Å²) in [6.45, 7) is 1.66. The van der Waals surface area contributed by atoms with Crippen LogP contribution >= 0.6 is 0 Å². The summed E-state index contributed by atoms with van der Waals surface area (Å²) in [5, 5.41) is 11.1. The predicted molar refractivity (Wildman–Crippen MR) is 64.6 cm³/mol. The Labute approximate surface area is 111 Å². The Morgan fingerprint density at radius 3 is 2.32 bits per heavy atom. The number of carbonyl (C=O) groups is 3. The van der Waals surface area contributed by atoms with Gasteiger partial charge in [0.05, 0.1) is 26.7 Å². The maximum absolute atomic E-state index is 11.6. The molecule has 0 aliphatic carbocycles. The standard InChI is InChI=1S/C12H18N2O5/c1-8(6-7-13)11(12(17)19-3)14-9(15)4-5-10(16)18-2/h8,11H,4-6H2,1-3H3,(H,14,15)/t8-,11+/m0/s1. The number of esters is 2. The van der Waals surface area contributed by atoms with Crippen LogP contribution in [0.4, 0.5) is 0 Å². The number of nitrogens with one attached hydrogen (secondary N) is 1. The maximum Gasteiger partial charge on any atom is 0.328 e. The van der Waals surface area contributed by atoms with Crippen LogP contribution in [0.1, 0.15) is 26.2 Å². The van der Waals surface area contributed by atoms with E-state index in [1.807, 2.05) is 6.07 Å². The highest BCUT2D eigenvalue weighted by atomic mass is 16.5. The molecule has 0 heterocycles. The Morgan fingerprint density at radius 1 is 1.21 bits per heavy atom. The van der Waals surface area contributed by atoms with Crippen LogP contribution in [0.3, 0.4) is 0 Å². The minimum absolute atomic E-state index is 0.0666. The topological polar surface area (TPSA) is 105 Å². The Kier molecular flexibility index (Phi) is 7.93. The summed E-state index contributed by atoms with van der Waals surface area (Å²) in [6.07, 6.45) is -0.0423. The first-order valence-electron chi connectivity index (χ1n) is 5.77. The van der Waals surface area contributed by atoms with Crippen LogP contribution in [0.5, 0.6) is 0 Å². The Hall–Kier alpha value is -2.10. The zero-order valence-electron chi connectivity index (χ0n) is 11.3. The maximum atomic E-state index is 11.6. The van der Waals surface area contributed by atoms with Crippen LogP contribution in [0, 0.1) is 17.2 Å². The molecule has 0 fully saturated rings. The zero-order chi connectivity index (χ0) is 14.8. The summed E-state index contributed by atoms with van der Waals surface area (Å²) in [5.41, 5.74) is 0. The molecule has 106 valence electrons. The molecule has 19 heavy (non-hydrogen) atoms. The van der Waals surface area contributed by atoms with Crippen LogP contribution in [0.25, 0.3) is 0 Å². The molecule has 0 aromatic carbocycles. The lowest BCUT2D eigenvalue weighted by atomic mass is 9.99. The lowest BCUT2D eigenvalue weighted by Crippen LogP contribution is -2.45. The molecule has 0 saturated heterocycles. The van der Waals surface area contributed by atoms with Gasteiger partial charge in [-0.3, -0.25) is 9.59 Å². The molecule has 0 bridgehead atoms. The van der Waals surface area contributed by atoms with E-state index in [-0.39, 0.29) is 25.2 Å². The van der Waals surface area contributed by atoms with Gasteiger partial charge in [0.25, 0.3) is 0 Å². The number of rotatable bonds is 7. The van der Waals surface area contributed by atoms with E-state index in [1.54, 1.807) is 6.92 Å². The normalized spacial score (nSPS) is 12.7. The van der Waals surface area contributed by atoms with Gasteiger partial charge in [0.15, 0.2) is 0 Å². The molecule has 0 aliphatic heterocycles. The second-order valence-electron chi connectivity index (χ2n) is 3.98. The van der Waals surface area contributed by atoms with Gasteiger partial charge in [-0.2, -0.15) is 5.26 Å². The number of nitriles is 1. The van der Waals surface area contributed by atoms with Gasteiger partial charge in [-0.15, -0.1) is 0 Å². The van der Waals surface area contributed by atoms with E-state index in [0.29, 0.717) is 0 Å². The third-order valence-corrected chi connectivity index (χ3v) is 2.54. The molecular formula is C12H18N2O5. The minimum Gasteiger partial charge on any atom is -0.469 e. The number of methoxy groups -OCH3 is 2. The number of hydrogen-bond donors (Lipinski definition) is 1. The van der Waals surface area contributed by atoms with Crippen LogP contribution < -0.4 is 5.32 Å². The highest BCUT2D eigenvalue weighted by Crippen LogP contribution is 2.09. The van der Waals surface area contributed by atoms with Gasteiger partial charge in [0.2, 0.25) is 5.91 Å². The van der Waals surface area contributed by atoms with Gasteiger partial charge >= 0.3 is 11.9 Å². The first-order valence-corrected chi connectivity index (χ1v) is 5.77. The quantitative estimate of drug-likeness (QED) is 0.660. The van der Waals surface area contributed by atoms with E-state index in [0.717, 1.165) is 0 Å². The number of nitrogens with zero attached hydrogens (tertiary/aromatic N) is 1. The average Bonchev–Trinajstić information content (AvgIpc) is 2.41. The fraction of sp³-hybridized carbons (Fsp3) is 0.667. The fourth-order valence-electron chi connectivity index (χ4n) is 1.39. The lowest BCUT2D eigenvalue weighted by molar-refractivity contribution is -0.146. The largest absolute Gasteiger partial charge is 0.469 e. The number of ether oxygens (including phenoxy) is 2. The van der Waals surface area contributed by atoms with Crippen LogP contribution in [0.2, 0.25) is 0 Å². The summed E-state index contributed by atoms with van der Waals surface area (Å²) in [6, 6.07) is 1.03. The van der Waals surface area contributed by atoms with Gasteiger partial charge in [0, 0.05) is 18.8 Å². The molecular weight excluding hydrogens is 252 g/mol. The molecule has 0 saturated carbocycles. The highest BCUT2D eigenvalue weighted by Gasteiger charge is 2.27. The van der Waals surface area contributed by atoms with Crippen molar-refractivity contribution in [2.24, 2.45) is 5.92 Å². The Bertz CT molecular complexity index is 375. The Balaban J connectivity index is 4.48. The minimum atomic E-state index is -0.894. The fourth-order valence-corrected chi connectivity index (χ4v) is 1.39. The van der Waals surface area contributed by atoms with Crippen molar-refractivity contribution in [3.8, 4) is 6.07 Å². The van der Waals surface area contributed by atoms with E-state index in [4.69, 9.17) is 5.26 Å². The van der Waals surface area contributed by atoms with Gasteiger partial charge in [0.1, 0.15) is 6.04 Å². The van der Waals surface area contributed by atoms with Crippen molar-refractivity contribution in [1.29, 1.82) is 5.26 Å². The molecule has 0 spiro atoms. The molecule has 0 aromatic heterocycles.